The Hall–Kier alpha value is -2.53. The van der Waals surface area contributed by atoms with Crippen LogP contribution in [0.4, 0.5) is 0 Å². The second-order valence-electron chi connectivity index (χ2n) is 7.23. The Morgan fingerprint density at radius 3 is 2.54 bits per heavy atom. The molecule has 2 aromatic carbocycles. The maximum absolute atomic E-state index is 12.0. The topological polar surface area (TPSA) is 42.0 Å². The highest BCUT2D eigenvalue weighted by Crippen LogP contribution is 2.21. The van der Waals surface area contributed by atoms with Gasteiger partial charge in [-0.2, -0.15) is 0 Å². The molecule has 0 saturated carbocycles. The van der Waals surface area contributed by atoms with Crippen molar-refractivity contribution in [1.82, 2.24) is 9.80 Å². The van der Waals surface area contributed by atoms with Gasteiger partial charge in [0.05, 0.1) is 7.11 Å². The Morgan fingerprint density at radius 1 is 1.04 bits per heavy atom. The van der Waals surface area contributed by atoms with Gasteiger partial charge in [-0.3, -0.25) is 9.69 Å². The van der Waals surface area contributed by atoms with Gasteiger partial charge in [-0.25, -0.2) is 0 Å². The molecule has 0 saturated heterocycles. The Balaban J connectivity index is 1.70. The fourth-order valence-corrected chi connectivity index (χ4v) is 3.51. The van der Waals surface area contributed by atoms with E-state index >= 15 is 0 Å². The van der Waals surface area contributed by atoms with E-state index in [0.717, 1.165) is 56.1 Å². The van der Waals surface area contributed by atoms with E-state index < -0.39 is 0 Å². The molecule has 1 heterocycles. The molecule has 150 valence electrons. The van der Waals surface area contributed by atoms with E-state index in [1.54, 1.807) is 14.0 Å². The van der Waals surface area contributed by atoms with Crippen LogP contribution in [0, 0.1) is 0 Å². The molecule has 0 fully saturated rings. The second kappa shape index (κ2) is 10.1. The van der Waals surface area contributed by atoms with E-state index in [0.29, 0.717) is 13.2 Å². The SMILES string of the molecule is COc1ccc(CN2CCCCN(C(C)=O)Cc3ccccc3OCC2)cc1. The molecule has 0 bridgehead atoms. The van der Waals surface area contributed by atoms with Crippen LogP contribution in [0.3, 0.4) is 0 Å². The maximum Gasteiger partial charge on any atom is 0.219 e. The Morgan fingerprint density at radius 2 is 1.79 bits per heavy atom. The molecule has 1 aliphatic rings. The van der Waals surface area contributed by atoms with Gasteiger partial charge in [0.2, 0.25) is 5.91 Å². The van der Waals surface area contributed by atoms with Crippen molar-refractivity contribution < 1.29 is 14.3 Å². The van der Waals surface area contributed by atoms with Gasteiger partial charge < -0.3 is 14.4 Å². The van der Waals surface area contributed by atoms with Gasteiger partial charge in [-0.15, -0.1) is 0 Å². The summed E-state index contributed by atoms with van der Waals surface area (Å²) in [5.74, 6) is 1.86. The number of carbonyl (C=O) groups is 1. The molecule has 0 atom stereocenters. The van der Waals surface area contributed by atoms with Crippen LogP contribution < -0.4 is 9.47 Å². The third-order valence-corrected chi connectivity index (χ3v) is 5.16. The molecule has 5 heteroatoms. The fraction of sp³-hybridized carbons (Fsp3) is 0.435. The van der Waals surface area contributed by atoms with Crippen molar-refractivity contribution in [2.24, 2.45) is 0 Å². The lowest BCUT2D eigenvalue weighted by Gasteiger charge is -2.27. The number of hydrogen-bond acceptors (Lipinski definition) is 4. The molecule has 28 heavy (non-hydrogen) atoms. The highest BCUT2D eigenvalue weighted by molar-refractivity contribution is 5.73. The van der Waals surface area contributed by atoms with Crippen LogP contribution in [0.25, 0.3) is 0 Å². The molecule has 3 rings (SSSR count). The van der Waals surface area contributed by atoms with E-state index in [2.05, 4.69) is 17.0 Å². The number of para-hydroxylation sites is 1. The molecule has 0 aromatic heterocycles. The normalized spacial score (nSPS) is 16.3. The average molecular weight is 383 g/mol. The summed E-state index contributed by atoms with van der Waals surface area (Å²) < 4.78 is 11.3. The molecule has 1 aliphatic heterocycles. The minimum Gasteiger partial charge on any atom is -0.497 e. The van der Waals surface area contributed by atoms with Crippen molar-refractivity contribution in [3.8, 4) is 11.5 Å². The zero-order valence-corrected chi connectivity index (χ0v) is 16.9. The molecule has 0 aliphatic carbocycles. The number of ether oxygens (including phenoxy) is 2. The molecule has 2 aromatic rings. The Labute approximate surface area is 167 Å². The summed E-state index contributed by atoms with van der Waals surface area (Å²) in [6, 6.07) is 16.3. The number of fused-ring (bicyclic) bond motifs is 1. The molecular weight excluding hydrogens is 352 g/mol. The smallest absolute Gasteiger partial charge is 0.219 e. The van der Waals surface area contributed by atoms with Crippen LogP contribution in [0.2, 0.25) is 0 Å². The van der Waals surface area contributed by atoms with E-state index in [1.165, 1.54) is 5.56 Å². The summed E-state index contributed by atoms with van der Waals surface area (Å²) in [5.41, 5.74) is 2.33. The van der Waals surface area contributed by atoms with Gasteiger partial charge in [0, 0.05) is 38.7 Å². The third-order valence-electron chi connectivity index (χ3n) is 5.16. The second-order valence-corrected chi connectivity index (χ2v) is 7.23. The molecule has 5 nitrogen and oxygen atoms in total. The first-order chi connectivity index (χ1) is 13.7. The van der Waals surface area contributed by atoms with Crippen molar-refractivity contribution in [2.75, 3.05) is 33.4 Å². The molecule has 0 spiro atoms. The number of rotatable bonds is 3. The first kappa shape index (κ1) is 20.2. The number of nitrogens with zero attached hydrogens (tertiary/aromatic N) is 2. The Bertz CT molecular complexity index is 761. The zero-order chi connectivity index (χ0) is 19.8. The maximum atomic E-state index is 12.0. The lowest BCUT2D eigenvalue weighted by atomic mass is 10.1. The lowest BCUT2D eigenvalue weighted by Crippen LogP contribution is -2.33. The van der Waals surface area contributed by atoms with Crippen LogP contribution in [0.1, 0.15) is 30.9 Å². The van der Waals surface area contributed by atoms with Crippen molar-refractivity contribution in [3.05, 3.63) is 59.7 Å². The largest absolute Gasteiger partial charge is 0.497 e. The van der Waals surface area contributed by atoms with Gasteiger partial charge in [0.15, 0.2) is 0 Å². The number of methoxy groups -OCH3 is 1. The summed E-state index contributed by atoms with van der Waals surface area (Å²) in [6.45, 7) is 6.41. The number of hydrogen-bond donors (Lipinski definition) is 0. The van der Waals surface area contributed by atoms with Gasteiger partial charge in [-0.1, -0.05) is 30.3 Å². The fourth-order valence-electron chi connectivity index (χ4n) is 3.51. The molecule has 1 amide bonds. The number of benzene rings is 2. The quantitative estimate of drug-likeness (QED) is 0.811. The summed E-state index contributed by atoms with van der Waals surface area (Å²) in [4.78, 5) is 16.4. The average Bonchev–Trinajstić information content (AvgIpc) is 2.70. The monoisotopic (exact) mass is 382 g/mol. The zero-order valence-electron chi connectivity index (χ0n) is 16.9. The van der Waals surface area contributed by atoms with Crippen LogP contribution in [-0.2, 0) is 17.9 Å². The Kier molecular flexibility index (Phi) is 7.31. The molecule has 0 radical (unpaired) electrons. The van der Waals surface area contributed by atoms with Gasteiger partial charge in [0.25, 0.3) is 0 Å². The minimum absolute atomic E-state index is 0.113. The van der Waals surface area contributed by atoms with Crippen molar-refractivity contribution in [3.63, 3.8) is 0 Å². The van der Waals surface area contributed by atoms with Crippen LogP contribution in [0.15, 0.2) is 48.5 Å². The van der Waals surface area contributed by atoms with Crippen molar-refractivity contribution >= 4 is 5.91 Å². The highest BCUT2D eigenvalue weighted by Gasteiger charge is 2.15. The molecule has 0 N–H and O–H groups in total. The van der Waals surface area contributed by atoms with Crippen LogP contribution >= 0.6 is 0 Å². The van der Waals surface area contributed by atoms with Crippen LogP contribution in [-0.4, -0.2) is 49.1 Å². The van der Waals surface area contributed by atoms with E-state index in [-0.39, 0.29) is 5.91 Å². The van der Waals surface area contributed by atoms with Gasteiger partial charge in [-0.05, 0) is 43.1 Å². The van der Waals surface area contributed by atoms with Gasteiger partial charge in [0.1, 0.15) is 18.1 Å². The lowest BCUT2D eigenvalue weighted by molar-refractivity contribution is -0.129. The van der Waals surface area contributed by atoms with Crippen LogP contribution in [0.5, 0.6) is 11.5 Å². The summed E-state index contributed by atoms with van der Waals surface area (Å²) >= 11 is 0. The first-order valence-electron chi connectivity index (χ1n) is 9.97. The van der Waals surface area contributed by atoms with E-state index in [1.807, 2.05) is 41.3 Å². The number of carbonyl (C=O) groups excluding carboxylic acids is 1. The standard InChI is InChI=1S/C23H30N2O3/c1-19(26)25-14-6-5-13-24(17-20-9-11-22(27-2)12-10-20)15-16-28-23-8-4-3-7-21(23)18-25/h3-4,7-12H,5-6,13-18H2,1-2H3. The molecular formula is C23H30N2O3. The predicted molar refractivity (Wildman–Crippen MR) is 111 cm³/mol. The van der Waals surface area contributed by atoms with Crippen molar-refractivity contribution in [2.45, 2.75) is 32.9 Å². The minimum atomic E-state index is 0.113. The van der Waals surface area contributed by atoms with Crippen molar-refractivity contribution in [1.29, 1.82) is 0 Å². The van der Waals surface area contributed by atoms with E-state index in [9.17, 15) is 4.79 Å². The third kappa shape index (κ3) is 5.73. The molecule has 0 unspecified atom stereocenters. The highest BCUT2D eigenvalue weighted by atomic mass is 16.5. The van der Waals surface area contributed by atoms with Gasteiger partial charge >= 0.3 is 0 Å². The first-order valence-corrected chi connectivity index (χ1v) is 9.97. The summed E-state index contributed by atoms with van der Waals surface area (Å²) in [5, 5.41) is 0. The predicted octanol–water partition coefficient (Wildman–Crippen LogP) is 3.72. The summed E-state index contributed by atoms with van der Waals surface area (Å²) in [7, 11) is 1.69. The number of amides is 1. The summed E-state index contributed by atoms with van der Waals surface area (Å²) in [6.07, 6.45) is 2.06. The van der Waals surface area contributed by atoms with E-state index in [4.69, 9.17) is 9.47 Å².